The lowest BCUT2D eigenvalue weighted by atomic mass is 10.2. The maximum absolute atomic E-state index is 12.5. The summed E-state index contributed by atoms with van der Waals surface area (Å²) in [6.07, 6.45) is 4.36. The zero-order valence-electron chi connectivity index (χ0n) is 14.7. The van der Waals surface area contributed by atoms with Crippen molar-refractivity contribution >= 4 is 34.0 Å². The van der Waals surface area contributed by atoms with Crippen molar-refractivity contribution in [2.45, 2.75) is 13.3 Å². The van der Waals surface area contributed by atoms with Crippen molar-refractivity contribution < 1.29 is 9.59 Å². The number of thiazole rings is 1. The number of nitrogens with one attached hydrogen (secondary N) is 2. The molecule has 6 nitrogen and oxygen atoms in total. The zero-order valence-corrected chi connectivity index (χ0v) is 15.5. The van der Waals surface area contributed by atoms with Crippen molar-refractivity contribution in [1.82, 2.24) is 9.97 Å². The van der Waals surface area contributed by atoms with Crippen LogP contribution in [-0.2, 0) is 4.79 Å². The Hall–Kier alpha value is -3.06. The van der Waals surface area contributed by atoms with Gasteiger partial charge in [0.2, 0.25) is 5.91 Å². The van der Waals surface area contributed by atoms with E-state index in [1.807, 2.05) is 17.5 Å². The summed E-state index contributed by atoms with van der Waals surface area (Å²) in [6.45, 7) is 2.06. The first-order valence-corrected chi connectivity index (χ1v) is 9.56. The van der Waals surface area contributed by atoms with Crippen LogP contribution in [0, 0.1) is 11.8 Å². The van der Waals surface area contributed by atoms with E-state index in [1.165, 1.54) is 11.3 Å². The molecule has 0 unspecified atom stereocenters. The number of aromatic nitrogens is 2. The number of pyridine rings is 1. The van der Waals surface area contributed by atoms with E-state index in [0.29, 0.717) is 22.3 Å². The van der Waals surface area contributed by atoms with Crippen LogP contribution in [0.5, 0.6) is 0 Å². The molecule has 3 aromatic rings. The van der Waals surface area contributed by atoms with Gasteiger partial charge >= 0.3 is 0 Å². The van der Waals surface area contributed by atoms with Crippen molar-refractivity contribution in [3.8, 4) is 11.3 Å². The Labute approximate surface area is 160 Å². The van der Waals surface area contributed by atoms with Crippen LogP contribution < -0.4 is 10.6 Å². The van der Waals surface area contributed by atoms with E-state index in [-0.39, 0.29) is 17.7 Å². The Bertz CT molecular complexity index is 986. The van der Waals surface area contributed by atoms with Gasteiger partial charge in [-0.25, -0.2) is 4.98 Å². The summed E-state index contributed by atoms with van der Waals surface area (Å²) >= 11 is 1.35. The van der Waals surface area contributed by atoms with Crippen molar-refractivity contribution in [1.29, 1.82) is 0 Å². The summed E-state index contributed by atoms with van der Waals surface area (Å²) in [7, 11) is 0. The van der Waals surface area contributed by atoms with E-state index in [4.69, 9.17) is 0 Å². The molecule has 7 heteroatoms. The van der Waals surface area contributed by atoms with E-state index in [0.717, 1.165) is 17.7 Å². The van der Waals surface area contributed by atoms with Gasteiger partial charge in [0.1, 0.15) is 0 Å². The van der Waals surface area contributed by atoms with Gasteiger partial charge in [-0.1, -0.05) is 13.0 Å². The van der Waals surface area contributed by atoms with Crippen LogP contribution in [0.25, 0.3) is 11.3 Å². The number of amides is 2. The average molecular weight is 378 g/mol. The van der Waals surface area contributed by atoms with E-state index in [1.54, 1.807) is 36.7 Å². The van der Waals surface area contributed by atoms with Gasteiger partial charge in [0, 0.05) is 40.5 Å². The molecule has 1 fully saturated rings. The van der Waals surface area contributed by atoms with Crippen molar-refractivity contribution in [3.05, 3.63) is 59.7 Å². The predicted molar refractivity (Wildman–Crippen MR) is 106 cm³/mol. The summed E-state index contributed by atoms with van der Waals surface area (Å²) in [5.41, 5.74) is 2.76. The Balaban J connectivity index is 1.43. The van der Waals surface area contributed by atoms with Crippen LogP contribution in [-0.4, -0.2) is 21.8 Å². The topological polar surface area (TPSA) is 84.0 Å². The molecule has 2 heterocycles. The number of rotatable bonds is 5. The Morgan fingerprint density at radius 2 is 2.04 bits per heavy atom. The SMILES string of the molecule is C[C@H]1C[C@@H]1C(=O)Nc1cccc(C(=O)Nc2nc(-c3cccnc3)cs2)c1. The van der Waals surface area contributed by atoms with E-state index in [2.05, 4.69) is 27.5 Å². The van der Waals surface area contributed by atoms with Crippen molar-refractivity contribution in [2.75, 3.05) is 10.6 Å². The molecule has 2 N–H and O–H groups in total. The second kappa shape index (κ2) is 7.28. The lowest BCUT2D eigenvalue weighted by molar-refractivity contribution is -0.117. The quantitative estimate of drug-likeness (QED) is 0.701. The number of hydrogen-bond donors (Lipinski definition) is 2. The number of benzene rings is 1. The molecule has 0 bridgehead atoms. The number of carbonyl (C=O) groups excluding carboxylic acids is 2. The van der Waals surface area contributed by atoms with Crippen LogP contribution in [0.15, 0.2) is 54.2 Å². The molecule has 0 spiro atoms. The van der Waals surface area contributed by atoms with E-state index in [9.17, 15) is 9.59 Å². The standard InChI is InChI=1S/C20H18N4O2S/c1-12-8-16(12)19(26)22-15-6-2-4-13(9-15)18(25)24-20-23-17(11-27-20)14-5-3-7-21-10-14/h2-7,9-12,16H,8H2,1H3,(H,22,26)(H,23,24,25)/t12-,16-/m0/s1. The lowest BCUT2D eigenvalue weighted by Crippen LogP contribution is -2.16. The van der Waals surface area contributed by atoms with Gasteiger partial charge in [0.05, 0.1) is 5.69 Å². The second-order valence-corrected chi connectivity index (χ2v) is 7.48. The first-order valence-electron chi connectivity index (χ1n) is 8.68. The molecular weight excluding hydrogens is 360 g/mol. The monoisotopic (exact) mass is 378 g/mol. The number of nitrogens with zero attached hydrogens (tertiary/aromatic N) is 2. The predicted octanol–water partition coefficient (Wildman–Crippen LogP) is 4.05. The van der Waals surface area contributed by atoms with Gasteiger partial charge in [-0.3, -0.25) is 19.9 Å². The fourth-order valence-corrected chi connectivity index (χ4v) is 3.52. The minimum absolute atomic E-state index is 0.0149. The molecule has 0 saturated heterocycles. The maximum atomic E-state index is 12.5. The second-order valence-electron chi connectivity index (χ2n) is 6.62. The van der Waals surface area contributed by atoms with Crippen molar-refractivity contribution in [3.63, 3.8) is 0 Å². The molecule has 136 valence electrons. The fourth-order valence-electron chi connectivity index (χ4n) is 2.81. The first kappa shape index (κ1) is 17.4. The molecule has 2 atom stereocenters. The van der Waals surface area contributed by atoms with Crippen LogP contribution in [0.3, 0.4) is 0 Å². The van der Waals surface area contributed by atoms with Crippen LogP contribution in [0.2, 0.25) is 0 Å². The lowest BCUT2D eigenvalue weighted by Gasteiger charge is -2.07. The summed E-state index contributed by atoms with van der Waals surface area (Å²) in [5, 5.41) is 8.08. The van der Waals surface area contributed by atoms with Crippen LogP contribution in [0.1, 0.15) is 23.7 Å². The summed E-state index contributed by atoms with van der Waals surface area (Å²) in [4.78, 5) is 33.1. The highest BCUT2D eigenvalue weighted by Gasteiger charge is 2.39. The Morgan fingerprint density at radius 3 is 2.78 bits per heavy atom. The minimum atomic E-state index is -0.266. The molecule has 1 aromatic carbocycles. The average Bonchev–Trinajstić information content (AvgIpc) is 3.24. The third-order valence-electron chi connectivity index (χ3n) is 4.52. The number of hydrogen-bond acceptors (Lipinski definition) is 5. The van der Waals surface area contributed by atoms with Crippen LogP contribution in [0.4, 0.5) is 10.8 Å². The van der Waals surface area contributed by atoms with Gasteiger partial charge in [0.25, 0.3) is 5.91 Å². The smallest absolute Gasteiger partial charge is 0.257 e. The molecule has 1 saturated carbocycles. The van der Waals surface area contributed by atoms with E-state index >= 15 is 0 Å². The molecule has 4 rings (SSSR count). The summed E-state index contributed by atoms with van der Waals surface area (Å²) in [5.74, 6) is 0.276. The molecule has 27 heavy (non-hydrogen) atoms. The molecule has 2 aromatic heterocycles. The van der Waals surface area contributed by atoms with Gasteiger partial charge in [-0.05, 0) is 42.7 Å². The molecular formula is C20H18N4O2S. The summed E-state index contributed by atoms with van der Waals surface area (Å²) in [6, 6.07) is 10.7. The Morgan fingerprint density at radius 1 is 1.19 bits per heavy atom. The summed E-state index contributed by atoms with van der Waals surface area (Å²) < 4.78 is 0. The molecule has 1 aliphatic rings. The number of anilines is 2. The third kappa shape index (κ3) is 4.03. The van der Waals surface area contributed by atoms with E-state index < -0.39 is 0 Å². The van der Waals surface area contributed by atoms with Gasteiger partial charge in [-0.2, -0.15) is 0 Å². The van der Waals surface area contributed by atoms with Crippen LogP contribution >= 0.6 is 11.3 Å². The highest BCUT2D eigenvalue weighted by Crippen LogP contribution is 2.38. The van der Waals surface area contributed by atoms with Crippen molar-refractivity contribution in [2.24, 2.45) is 11.8 Å². The largest absolute Gasteiger partial charge is 0.326 e. The highest BCUT2D eigenvalue weighted by atomic mass is 32.1. The highest BCUT2D eigenvalue weighted by molar-refractivity contribution is 7.14. The van der Waals surface area contributed by atoms with Gasteiger partial charge < -0.3 is 5.32 Å². The maximum Gasteiger partial charge on any atom is 0.257 e. The fraction of sp³-hybridized carbons (Fsp3) is 0.200. The van der Waals surface area contributed by atoms with Gasteiger partial charge in [-0.15, -0.1) is 11.3 Å². The first-order chi connectivity index (χ1) is 13.1. The minimum Gasteiger partial charge on any atom is -0.326 e. The zero-order chi connectivity index (χ0) is 18.8. The number of carbonyl (C=O) groups is 2. The Kier molecular flexibility index (Phi) is 4.68. The molecule has 0 radical (unpaired) electrons. The van der Waals surface area contributed by atoms with Gasteiger partial charge in [0.15, 0.2) is 5.13 Å². The third-order valence-corrected chi connectivity index (χ3v) is 5.28. The molecule has 0 aliphatic heterocycles. The molecule has 2 amide bonds. The molecule has 1 aliphatic carbocycles. The normalized spacial score (nSPS) is 18.0.